The van der Waals surface area contributed by atoms with Crippen molar-refractivity contribution in [2.75, 3.05) is 6.54 Å². The van der Waals surface area contributed by atoms with Crippen LogP contribution in [0.3, 0.4) is 0 Å². The molecule has 3 N–H and O–H groups in total. The Hall–Kier alpha value is -2.94. The van der Waals surface area contributed by atoms with Crippen LogP contribution in [0.1, 0.15) is 56.0 Å². The number of carboxylic acids is 1. The van der Waals surface area contributed by atoms with Crippen LogP contribution >= 0.6 is 11.6 Å². The Morgan fingerprint density at radius 2 is 1.91 bits per heavy atom. The summed E-state index contributed by atoms with van der Waals surface area (Å²) in [5, 5.41) is 14.4. The molecule has 1 aromatic carbocycles. The Morgan fingerprint density at radius 3 is 2.48 bits per heavy atom. The number of amides is 3. The van der Waals surface area contributed by atoms with Crippen LogP contribution < -0.4 is 10.6 Å². The molecule has 9 nitrogen and oxygen atoms in total. The lowest BCUT2D eigenvalue weighted by Crippen LogP contribution is -2.58. The third kappa shape index (κ3) is 6.54. The van der Waals surface area contributed by atoms with Crippen LogP contribution in [0.25, 0.3) is 0 Å². The fourth-order valence-corrected chi connectivity index (χ4v) is 3.96. The molecule has 1 aliphatic heterocycles. The van der Waals surface area contributed by atoms with Gasteiger partial charge in [0.25, 0.3) is 5.91 Å². The number of rotatable bonds is 8. The lowest BCUT2D eigenvalue weighted by molar-refractivity contribution is -0.143. The van der Waals surface area contributed by atoms with E-state index in [9.17, 15) is 24.0 Å². The van der Waals surface area contributed by atoms with Crippen molar-refractivity contribution in [3.63, 3.8) is 0 Å². The summed E-state index contributed by atoms with van der Waals surface area (Å²) in [7, 11) is 0. The zero-order chi connectivity index (χ0) is 24.9. The highest BCUT2D eigenvalue weighted by Crippen LogP contribution is 2.27. The van der Waals surface area contributed by atoms with Crippen LogP contribution in [-0.4, -0.2) is 64.7 Å². The monoisotopic (exact) mass is 479 g/mol. The highest BCUT2D eigenvalue weighted by molar-refractivity contribution is 6.34. The molecular formula is C23H30ClN3O6. The summed E-state index contributed by atoms with van der Waals surface area (Å²) in [4.78, 5) is 62.6. The van der Waals surface area contributed by atoms with E-state index < -0.39 is 53.7 Å². The number of benzene rings is 1. The number of hydrogen-bond donors (Lipinski definition) is 3. The molecule has 1 heterocycles. The average molecular weight is 480 g/mol. The topological polar surface area (TPSA) is 133 Å². The number of nitrogens with one attached hydrogen (secondary N) is 2. The van der Waals surface area contributed by atoms with Gasteiger partial charge in [-0.15, -0.1) is 0 Å². The Labute approximate surface area is 197 Å². The van der Waals surface area contributed by atoms with E-state index in [0.717, 1.165) is 5.56 Å². The summed E-state index contributed by atoms with van der Waals surface area (Å²) in [6.45, 7) is 7.47. The van der Waals surface area contributed by atoms with E-state index in [2.05, 4.69) is 10.6 Å². The van der Waals surface area contributed by atoms with Gasteiger partial charge in [0.2, 0.25) is 11.8 Å². The van der Waals surface area contributed by atoms with E-state index in [1.165, 1.54) is 4.90 Å². The zero-order valence-corrected chi connectivity index (χ0v) is 19.9. The van der Waals surface area contributed by atoms with Gasteiger partial charge in [-0.1, -0.05) is 44.5 Å². The highest BCUT2D eigenvalue weighted by Gasteiger charge is 2.42. The van der Waals surface area contributed by atoms with Crippen molar-refractivity contribution in [3.05, 3.63) is 34.3 Å². The SMILES string of the molecule is Cc1cccc(C(=O)N[C@H](C(=O)N2CCC[C@H]2C(=O)N[C@H](C=O)CC(=O)O)C(C)(C)C)c1Cl. The molecule has 33 heavy (non-hydrogen) atoms. The molecule has 0 unspecified atom stereocenters. The molecule has 1 aliphatic rings. The van der Waals surface area contributed by atoms with Crippen LogP contribution in [0.4, 0.5) is 0 Å². The smallest absolute Gasteiger partial charge is 0.305 e. The molecule has 3 atom stereocenters. The van der Waals surface area contributed by atoms with E-state index in [-0.39, 0.29) is 5.56 Å². The van der Waals surface area contributed by atoms with Gasteiger partial charge in [0.05, 0.1) is 23.0 Å². The molecule has 2 rings (SSSR count). The van der Waals surface area contributed by atoms with Crippen LogP contribution in [0.5, 0.6) is 0 Å². The van der Waals surface area contributed by atoms with Crippen molar-refractivity contribution < 1.29 is 29.1 Å². The summed E-state index contributed by atoms with van der Waals surface area (Å²) < 4.78 is 0. The zero-order valence-electron chi connectivity index (χ0n) is 19.2. The number of carboxylic acid groups (broad SMARTS) is 1. The Morgan fingerprint density at radius 1 is 1.24 bits per heavy atom. The van der Waals surface area contributed by atoms with Gasteiger partial charge in [-0.3, -0.25) is 19.2 Å². The van der Waals surface area contributed by atoms with Gasteiger partial charge in [0.1, 0.15) is 18.4 Å². The molecule has 0 saturated carbocycles. The van der Waals surface area contributed by atoms with Crippen LogP contribution in [0.2, 0.25) is 5.02 Å². The fourth-order valence-electron chi connectivity index (χ4n) is 3.75. The summed E-state index contributed by atoms with van der Waals surface area (Å²) >= 11 is 6.28. The normalized spacial score (nSPS) is 17.7. The standard InChI is InChI=1S/C23H30ClN3O6/c1-13-7-5-8-15(18(13)24)20(31)26-19(23(2,3)4)22(33)27-10-6-9-16(27)21(32)25-14(12-28)11-17(29)30/h5,7-8,12,14,16,19H,6,9-11H2,1-4H3,(H,25,32)(H,26,31)(H,29,30)/t14-,16-,19+/m0/s1. The number of carbonyl (C=O) groups is 5. The average Bonchev–Trinajstić information content (AvgIpc) is 3.21. The van der Waals surface area contributed by atoms with Gasteiger partial charge in [0, 0.05) is 6.54 Å². The number of aryl methyl sites for hydroxylation is 1. The molecule has 0 radical (unpaired) electrons. The first kappa shape index (κ1) is 26.3. The summed E-state index contributed by atoms with van der Waals surface area (Å²) in [6, 6.07) is 2.05. The van der Waals surface area contributed by atoms with Crippen LogP contribution in [-0.2, 0) is 19.2 Å². The van der Waals surface area contributed by atoms with Gasteiger partial charge in [-0.05, 0) is 36.8 Å². The Bertz CT molecular complexity index is 943. The number of likely N-dealkylation sites (tertiary alicyclic amines) is 1. The van der Waals surface area contributed by atoms with Crippen molar-refractivity contribution in [1.29, 1.82) is 0 Å². The molecule has 0 bridgehead atoms. The maximum Gasteiger partial charge on any atom is 0.305 e. The first-order chi connectivity index (χ1) is 15.4. The van der Waals surface area contributed by atoms with Crippen molar-refractivity contribution in [2.24, 2.45) is 5.41 Å². The van der Waals surface area contributed by atoms with E-state index >= 15 is 0 Å². The molecule has 1 aromatic rings. The third-order valence-electron chi connectivity index (χ3n) is 5.55. The number of hydrogen-bond acceptors (Lipinski definition) is 5. The number of nitrogens with zero attached hydrogens (tertiary/aromatic N) is 1. The van der Waals surface area contributed by atoms with Crippen LogP contribution in [0.15, 0.2) is 18.2 Å². The predicted octanol–water partition coefficient (Wildman–Crippen LogP) is 1.94. The molecular weight excluding hydrogens is 450 g/mol. The minimum atomic E-state index is -1.22. The molecule has 0 aromatic heterocycles. The molecule has 180 valence electrons. The quantitative estimate of drug-likeness (QED) is 0.488. The van der Waals surface area contributed by atoms with E-state index in [1.54, 1.807) is 45.9 Å². The lowest BCUT2D eigenvalue weighted by Gasteiger charge is -2.35. The largest absolute Gasteiger partial charge is 0.481 e. The minimum absolute atomic E-state index is 0.247. The summed E-state index contributed by atoms with van der Waals surface area (Å²) in [6.07, 6.45) is 0.735. The molecule has 0 aliphatic carbocycles. The van der Waals surface area contributed by atoms with Gasteiger partial charge < -0.3 is 25.4 Å². The molecule has 1 saturated heterocycles. The van der Waals surface area contributed by atoms with E-state index in [0.29, 0.717) is 30.7 Å². The lowest BCUT2D eigenvalue weighted by atomic mass is 9.85. The number of aldehydes is 1. The number of halogens is 1. The highest BCUT2D eigenvalue weighted by atomic mass is 35.5. The molecule has 10 heteroatoms. The predicted molar refractivity (Wildman–Crippen MR) is 122 cm³/mol. The van der Waals surface area contributed by atoms with Crippen molar-refractivity contribution >= 4 is 41.6 Å². The number of carbonyl (C=O) groups excluding carboxylic acids is 4. The molecule has 0 spiro atoms. The van der Waals surface area contributed by atoms with E-state index in [4.69, 9.17) is 16.7 Å². The maximum atomic E-state index is 13.5. The minimum Gasteiger partial charge on any atom is -0.481 e. The van der Waals surface area contributed by atoms with Crippen molar-refractivity contribution in [1.82, 2.24) is 15.5 Å². The maximum absolute atomic E-state index is 13.5. The summed E-state index contributed by atoms with van der Waals surface area (Å²) in [5.74, 6) is -2.75. The number of aliphatic carboxylic acids is 1. The fraction of sp³-hybridized carbons (Fsp3) is 0.522. The Balaban J connectivity index is 2.23. The third-order valence-corrected chi connectivity index (χ3v) is 6.05. The van der Waals surface area contributed by atoms with Crippen molar-refractivity contribution in [2.45, 2.75) is 65.1 Å². The Kier molecular flexibility index (Phi) is 8.60. The summed E-state index contributed by atoms with van der Waals surface area (Å²) in [5.41, 5.74) is 0.295. The first-order valence-corrected chi connectivity index (χ1v) is 11.1. The van der Waals surface area contributed by atoms with Gasteiger partial charge >= 0.3 is 5.97 Å². The van der Waals surface area contributed by atoms with Gasteiger partial charge in [0.15, 0.2) is 0 Å². The van der Waals surface area contributed by atoms with Gasteiger partial charge in [-0.25, -0.2) is 0 Å². The van der Waals surface area contributed by atoms with E-state index in [1.807, 2.05) is 0 Å². The molecule has 1 fully saturated rings. The second-order valence-corrected chi connectivity index (χ2v) is 9.63. The van der Waals surface area contributed by atoms with Crippen molar-refractivity contribution in [3.8, 4) is 0 Å². The molecule has 3 amide bonds. The second-order valence-electron chi connectivity index (χ2n) is 9.25. The van der Waals surface area contributed by atoms with Crippen LogP contribution in [0, 0.1) is 12.3 Å². The first-order valence-electron chi connectivity index (χ1n) is 10.7. The second kappa shape index (κ2) is 10.8. The van der Waals surface area contributed by atoms with Gasteiger partial charge in [-0.2, -0.15) is 0 Å².